The van der Waals surface area contributed by atoms with Gasteiger partial charge in [-0.05, 0) is 24.3 Å². The van der Waals surface area contributed by atoms with E-state index >= 15 is 0 Å². The summed E-state index contributed by atoms with van der Waals surface area (Å²) in [4.78, 5) is 10.5. The first-order valence-electron chi connectivity index (χ1n) is 5.62. The molecular formula is C13H13FN2O2. The predicted molar refractivity (Wildman–Crippen MR) is 65.0 cm³/mol. The van der Waals surface area contributed by atoms with Gasteiger partial charge in [-0.1, -0.05) is 0 Å². The summed E-state index contributed by atoms with van der Waals surface area (Å²) < 4.78 is 18.8. The van der Waals surface area contributed by atoms with Crippen LogP contribution in [0.15, 0.2) is 36.7 Å². The molecule has 0 bridgehead atoms. The van der Waals surface area contributed by atoms with Crippen molar-refractivity contribution in [2.75, 3.05) is 13.3 Å². The van der Waals surface area contributed by atoms with Gasteiger partial charge in [-0.15, -0.1) is 0 Å². The van der Waals surface area contributed by atoms with Gasteiger partial charge in [0.1, 0.15) is 5.75 Å². The normalized spacial score (nSPS) is 10.3. The van der Waals surface area contributed by atoms with E-state index in [0.717, 1.165) is 12.0 Å². The Bertz CT molecular complexity index is 508. The van der Waals surface area contributed by atoms with Crippen LogP contribution in [-0.4, -0.2) is 29.3 Å². The Hall–Kier alpha value is -2.17. The maximum absolute atomic E-state index is 11.9. The van der Waals surface area contributed by atoms with Gasteiger partial charge < -0.3 is 4.74 Å². The highest BCUT2D eigenvalue weighted by atomic mass is 19.1. The van der Waals surface area contributed by atoms with Crippen LogP contribution in [0, 0.1) is 0 Å². The van der Waals surface area contributed by atoms with Gasteiger partial charge in [-0.3, -0.25) is 9.18 Å². The lowest BCUT2D eigenvalue weighted by molar-refractivity contribution is 0.112. The van der Waals surface area contributed by atoms with Gasteiger partial charge in [0.2, 0.25) is 0 Å². The molecule has 0 unspecified atom stereocenters. The van der Waals surface area contributed by atoms with Gasteiger partial charge in [0.15, 0.2) is 6.29 Å². The van der Waals surface area contributed by atoms with Crippen molar-refractivity contribution >= 4 is 6.29 Å². The molecule has 1 aromatic carbocycles. The van der Waals surface area contributed by atoms with Crippen LogP contribution in [0.4, 0.5) is 4.39 Å². The second-order valence-corrected chi connectivity index (χ2v) is 3.72. The van der Waals surface area contributed by atoms with Gasteiger partial charge in [0, 0.05) is 12.6 Å². The molecule has 0 saturated carbocycles. The smallest absolute Gasteiger partial charge is 0.153 e. The van der Waals surface area contributed by atoms with Crippen LogP contribution < -0.4 is 4.74 Å². The second-order valence-electron chi connectivity index (χ2n) is 3.72. The summed E-state index contributed by atoms with van der Waals surface area (Å²) in [5, 5.41) is 4.06. The van der Waals surface area contributed by atoms with Crippen LogP contribution in [0.25, 0.3) is 5.69 Å². The van der Waals surface area contributed by atoms with E-state index in [-0.39, 0.29) is 6.67 Å². The number of carbonyl (C=O) groups is 1. The summed E-state index contributed by atoms with van der Waals surface area (Å²) in [5.74, 6) is 0.690. The molecule has 2 rings (SSSR count). The van der Waals surface area contributed by atoms with Crippen molar-refractivity contribution in [3.05, 3.63) is 42.2 Å². The molecule has 94 valence electrons. The number of hydrogen-bond acceptors (Lipinski definition) is 3. The summed E-state index contributed by atoms with van der Waals surface area (Å²) in [6, 6.07) is 7.23. The number of aldehydes is 1. The molecule has 0 saturated heterocycles. The van der Waals surface area contributed by atoms with Crippen LogP contribution in [-0.2, 0) is 0 Å². The second kappa shape index (κ2) is 5.95. The number of hydrogen-bond donors (Lipinski definition) is 0. The van der Waals surface area contributed by atoms with Gasteiger partial charge in [-0.2, -0.15) is 5.10 Å². The van der Waals surface area contributed by atoms with Crippen LogP contribution in [0.5, 0.6) is 5.75 Å². The minimum atomic E-state index is -0.375. The summed E-state index contributed by atoms with van der Waals surface area (Å²) >= 11 is 0. The van der Waals surface area contributed by atoms with Crippen molar-refractivity contribution in [3.63, 3.8) is 0 Å². The monoisotopic (exact) mass is 248 g/mol. The number of ether oxygens (including phenoxy) is 1. The number of aromatic nitrogens is 2. The van der Waals surface area contributed by atoms with Crippen molar-refractivity contribution < 1.29 is 13.9 Å². The first-order valence-corrected chi connectivity index (χ1v) is 5.62. The summed E-state index contributed by atoms with van der Waals surface area (Å²) in [6.45, 7) is -0.00719. The fourth-order valence-electron chi connectivity index (χ4n) is 1.48. The molecule has 18 heavy (non-hydrogen) atoms. The van der Waals surface area contributed by atoms with Crippen LogP contribution in [0.3, 0.4) is 0 Å². The zero-order valence-electron chi connectivity index (χ0n) is 9.75. The summed E-state index contributed by atoms with van der Waals surface area (Å²) in [5.41, 5.74) is 1.36. The fourth-order valence-corrected chi connectivity index (χ4v) is 1.48. The Morgan fingerprint density at radius 2 is 2.11 bits per heavy atom. The summed E-state index contributed by atoms with van der Waals surface area (Å²) in [7, 11) is 0. The molecule has 0 aliphatic rings. The number of nitrogens with zero attached hydrogens (tertiary/aromatic N) is 2. The minimum absolute atomic E-state index is 0.368. The topological polar surface area (TPSA) is 44.1 Å². The van der Waals surface area contributed by atoms with Gasteiger partial charge in [0.05, 0.1) is 30.7 Å². The molecule has 0 amide bonds. The lowest BCUT2D eigenvalue weighted by atomic mass is 10.3. The maximum atomic E-state index is 11.9. The minimum Gasteiger partial charge on any atom is -0.493 e. The van der Waals surface area contributed by atoms with E-state index in [1.807, 2.05) is 12.1 Å². The Kier molecular flexibility index (Phi) is 4.06. The van der Waals surface area contributed by atoms with Crippen molar-refractivity contribution in [1.82, 2.24) is 9.78 Å². The molecule has 1 aromatic heterocycles. The molecule has 4 nitrogen and oxygen atoms in total. The predicted octanol–water partition coefficient (Wildman–Crippen LogP) is 2.42. The third kappa shape index (κ3) is 2.94. The van der Waals surface area contributed by atoms with E-state index < -0.39 is 0 Å². The number of rotatable bonds is 6. The number of alkyl halides is 1. The largest absolute Gasteiger partial charge is 0.493 e. The standard InChI is InChI=1S/C13H13FN2O2/c14-6-1-7-18-13-4-2-12(3-5-13)16-9-11(10-17)8-15-16/h2-5,8-10H,1,6-7H2. The highest BCUT2D eigenvalue weighted by Gasteiger charge is 2.00. The van der Waals surface area contributed by atoms with E-state index in [9.17, 15) is 9.18 Å². The van der Waals surface area contributed by atoms with E-state index in [1.54, 1.807) is 23.0 Å². The Balaban J connectivity index is 2.04. The molecule has 0 radical (unpaired) electrons. The van der Waals surface area contributed by atoms with E-state index in [0.29, 0.717) is 24.3 Å². The maximum Gasteiger partial charge on any atom is 0.153 e. The lowest BCUT2D eigenvalue weighted by Crippen LogP contribution is -1.99. The molecule has 0 fully saturated rings. The highest BCUT2D eigenvalue weighted by Crippen LogP contribution is 2.15. The van der Waals surface area contributed by atoms with Gasteiger partial charge in [-0.25, -0.2) is 4.68 Å². The van der Waals surface area contributed by atoms with Crippen molar-refractivity contribution in [3.8, 4) is 11.4 Å². The number of halogens is 1. The third-order valence-electron chi connectivity index (χ3n) is 2.39. The Morgan fingerprint density at radius 3 is 2.72 bits per heavy atom. The SMILES string of the molecule is O=Cc1cnn(-c2ccc(OCCCF)cc2)c1. The Morgan fingerprint density at radius 1 is 1.33 bits per heavy atom. The summed E-state index contributed by atoms with van der Waals surface area (Å²) in [6.07, 6.45) is 4.28. The van der Waals surface area contributed by atoms with Crippen LogP contribution in [0.1, 0.15) is 16.8 Å². The van der Waals surface area contributed by atoms with Crippen molar-refractivity contribution in [2.24, 2.45) is 0 Å². The molecule has 5 heteroatoms. The van der Waals surface area contributed by atoms with E-state index in [4.69, 9.17) is 4.74 Å². The zero-order valence-corrected chi connectivity index (χ0v) is 9.75. The molecule has 1 heterocycles. The highest BCUT2D eigenvalue weighted by molar-refractivity contribution is 5.73. The number of benzene rings is 1. The quantitative estimate of drug-likeness (QED) is 0.582. The first kappa shape index (κ1) is 12.3. The molecular weight excluding hydrogens is 235 g/mol. The van der Waals surface area contributed by atoms with Crippen LogP contribution in [0.2, 0.25) is 0 Å². The molecule has 0 spiro atoms. The lowest BCUT2D eigenvalue weighted by Gasteiger charge is -2.06. The Labute approximate surface area is 104 Å². The molecule has 2 aromatic rings. The average Bonchev–Trinajstić information content (AvgIpc) is 2.89. The molecule has 0 aliphatic heterocycles. The van der Waals surface area contributed by atoms with Crippen LogP contribution >= 0.6 is 0 Å². The first-order chi connectivity index (χ1) is 8.83. The van der Waals surface area contributed by atoms with Gasteiger partial charge in [0.25, 0.3) is 0 Å². The molecule has 0 N–H and O–H groups in total. The zero-order chi connectivity index (χ0) is 12.8. The van der Waals surface area contributed by atoms with E-state index in [2.05, 4.69) is 5.10 Å². The molecule has 0 aliphatic carbocycles. The average molecular weight is 248 g/mol. The number of carbonyl (C=O) groups excluding carboxylic acids is 1. The van der Waals surface area contributed by atoms with E-state index in [1.165, 1.54) is 6.20 Å². The van der Waals surface area contributed by atoms with Crippen molar-refractivity contribution in [2.45, 2.75) is 6.42 Å². The van der Waals surface area contributed by atoms with Gasteiger partial charge >= 0.3 is 0 Å². The third-order valence-corrected chi connectivity index (χ3v) is 2.39. The van der Waals surface area contributed by atoms with Crippen molar-refractivity contribution in [1.29, 1.82) is 0 Å². The molecule has 0 atom stereocenters. The fraction of sp³-hybridized carbons (Fsp3) is 0.231.